The lowest BCUT2D eigenvalue weighted by Gasteiger charge is -2.05. The van der Waals surface area contributed by atoms with E-state index in [-0.39, 0.29) is 12.3 Å². The lowest BCUT2D eigenvalue weighted by atomic mass is 10.2. The largest absolute Gasteiger partial charge is 0.444 e. The summed E-state index contributed by atoms with van der Waals surface area (Å²) >= 11 is 0. The van der Waals surface area contributed by atoms with Crippen molar-refractivity contribution < 1.29 is 9.53 Å². The molecule has 0 unspecified atom stereocenters. The summed E-state index contributed by atoms with van der Waals surface area (Å²) in [7, 11) is 1.62. The van der Waals surface area contributed by atoms with Crippen LogP contribution in [0.5, 0.6) is 0 Å². The summed E-state index contributed by atoms with van der Waals surface area (Å²) in [6.07, 6.45) is 0.788. The van der Waals surface area contributed by atoms with E-state index in [0.717, 1.165) is 5.56 Å². The van der Waals surface area contributed by atoms with Gasteiger partial charge in [-0.1, -0.05) is 30.3 Å². The van der Waals surface area contributed by atoms with E-state index in [1.54, 1.807) is 7.05 Å². The van der Waals surface area contributed by atoms with Crippen molar-refractivity contribution in [3.8, 4) is 6.07 Å². The van der Waals surface area contributed by atoms with Crippen molar-refractivity contribution in [1.29, 1.82) is 5.26 Å². The molecule has 19 heavy (non-hydrogen) atoms. The normalized spacial score (nSPS) is 9.68. The van der Waals surface area contributed by atoms with Gasteiger partial charge in [-0.3, -0.25) is 10.00 Å². The molecule has 1 aromatic carbocycles. The molecule has 0 spiro atoms. The predicted octanol–water partition coefficient (Wildman–Crippen LogP) is 2.04. The second-order valence-corrected chi connectivity index (χ2v) is 3.83. The molecule has 6 heteroatoms. The van der Waals surface area contributed by atoms with Gasteiger partial charge in [0.1, 0.15) is 18.4 Å². The molecular formula is C13H12N4O2. The Morgan fingerprint density at radius 3 is 2.89 bits per heavy atom. The van der Waals surface area contributed by atoms with Gasteiger partial charge in [0, 0.05) is 7.05 Å². The summed E-state index contributed by atoms with van der Waals surface area (Å²) in [5.74, 6) is 0. The Morgan fingerprint density at radius 2 is 2.21 bits per heavy atom. The minimum Gasteiger partial charge on any atom is -0.444 e. The van der Waals surface area contributed by atoms with E-state index >= 15 is 0 Å². The van der Waals surface area contributed by atoms with Crippen molar-refractivity contribution in [3.05, 3.63) is 47.8 Å². The number of aryl methyl sites for hydroxylation is 1. The topological polar surface area (TPSA) is 79.9 Å². The summed E-state index contributed by atoms with van der Waals surface area (Å²) < 4.78 is 6.43. The summed E-state index contributed by atoms with van der Waals surface area (Å²) in [5.41, 5.74) is 1.50. The molecule has 0 radical (unpaired) electrons. The molecule has 1 amide bonds. The molecule has 6 nitrogen and oxygen atoms in total. The first-order valence-electron chi connectivity index (χ1n) is 5.60. The van der Waals surface area contributed by atoms with Crippen molar-refractivity contribution >= 4 is 11.8 Å². The van der Waals surface area contributed by atoms with Gasteiger partial charge in [-0.05, 0) is 5.56 Å². The van der Waals surface area contributed by atoms with Gasteiger partial charge >= 0.3 is 6.09 Å². The number of amides is 1. The Morgan fingerprint density at radius 1 is 1.47 bits per heavy atom. The first-order valence-corrected chi connectivity index (χ1v) is 5.60. The highest BCUT2D eigenvalue weighted by Gasteiger charge is 2.11. The SMILES string of the molecule is Cn1ncc(NC(=O)OCc2ccccc2)c1C#N. The number of carbonyl (C=O) groups is 1. The molecule has 2 aromatic rings. The maximum absolute atomic E-state index is 11.6. The second-order valence-electron chi connectivity index (χ2n) is 3.83. The van der Waals surface area contributed by atoms with Crippen LogP contribution in [0.4, 0.5) is 10.5 Å². The Balaban J connectivity index is 1.93. The van der Waals surface area contributed by atoms with Crippen LogP contribution in [0.2, 0.25) is 0 Å². The Labute approximate surface area is 110 Å². The Bertz CT molecular complexity index is 613. The lowest BCUT2D eigenvalue weighted by Crippen LogP contribution is -2.14. The number of carbonyl (C=O) groups excluding carboxylic acids is 1. The van der Waals surface area contributed by atoms with Crippen molar-refractivity contribution in [2.24, 2.45) is 7.05 Å². The van der Waals surface area contributed by atoms with Crippen LogP contribution in [-0.2, 0) is 18.4 Å². The molecule has 1 heterocycles. The van der Waals surface area contributed by atoms with Crippen molar-refractivity contribution in [2.45, 2.75) is 6.61 Å². The number of ether oxygens (including phenoxy) is 1. The fourth-order valence-corrected chi connectivity index (χ4v) is 1.53. The number of hydrogen-bond donors (Lipinski definition) is 1. The Kier molecular flexibility index (Phi) is 3.78. The van der Waals surface area contributed by atoms with Crippen molar-refractivity contribution in [3.63, 3.8) is 0 Å². The van der Waals surface area contributed by atoms with Crippen LogP contribution in [0.15, 0.2) is 36.5 Å². The third-order valence-corrected chi connectivity index (χ3v) is 2.49. The molecule has 0 saturated carbocycles. The van der Waals surface area contributed by atoms with Crippen LogP contribution in [0.25, 0.3) is 0 Å². The summed E-state index contributed by atoms with van der Waals surface area (Å²) in [6, 6.07) is 11.3. The molecule has 1 N–H and O–H groups in total. The van der Waals surface area contributed by atoms with Gasteiger partial charge in [0.05, 0.1) is 6.20 Å². The van der Waals surface area contributed by atoms with Gasteiger partial charge in [-0.15, -0.1) is 0 Å². The number of anilines is 1. The van der Waals surface area contributed by atoms with E-state index in [1.165, 1.54) is 10.9 Å². The standard InChI is InChI=1S/C13H12N4O2/c1-17-12(7-14)11(8-15-17)16-13(18)19-9-10-5-3-2-4-6-10/h2-6,8H,9H2,1H3,(H,16,18). The minimum atomic E-state index is -0.617. The van der Waals surface area contributed by atoms with Gasteiger partial charge in [0.15, 0.2) is 5.69 Å². The Hall–Kier alpha value is -2.81. The number of hydrogen-bond acceptors (Lipinski definition) is 4. The molecule has 0 aliphatic rings. The fourth-order valence-electron chi connectivity index (χ4n) is 1.53. The smallest absolute Gasteiger partial charge is 0.412 e. The van der Waals surface area contributed by atoms with E-state index in [1.807, 2.05) is 36.4 Å². The minimum absolute atomic E-state index is 0.175. The van der Waals surface area contributed by atoms with Gasteiger partial charge in [0.2, 0.25) is 0 Å². The van der Waals surface area contributed by atoms with E-state index in [0.29, 0.717) is 5.69 Å². The fraction of sp³-hybridized carbons (Fsp3) is 0.154. The zero-order chi connectivity index (χ0) is 13.7. The lowest BCUT2D eigenvalue weighted by molar-refractivity contribution is 0.155. The second kappa shape index (κ2) is 5.69. The molecule has 0 aliphatic carbocycles. The number of benzene rings is 1. The molecule has 0 saturated heterocycles. The molecule has 0 bridgehead atoms. The zero-order valence-corrected chi connectivity index (χ0v) is 10.3. The molecule has 96 valence electrons. The number of nitrogens with zero attached hydrogens (tertiary/aromatic N) is 3. The maximum Gasteiger partial charge on any atom is 0.412 e. The van der Waals surface area contributed by atoms with Gasteiger partial charge in [0.25, 0.3) is 0 Å². The van der Waals surface area contributed by atoms with Crippen LogP contribution >= 0.6 is 0 Å². The van der Waals surface area contributed by atoms with E-state index < -0.39 is 6.09 Å². The first kappa shape index (κ1) is 12.6. The summed E-state index contributed by atoms with van der Waals surface area (Å²) in [5, 5.41) is 15.3. The maximum atomic E-state index is 11.6. The number of aromatic nitrogens is 2. The van der Waals surface area contributed by atoms with Gasteiger partial charge in [-0.2, -0.15) is 10.4 Å². The molecule has 2 rings (SSSR count). The molecular weight excluding hydrogens is 244 g/mol. The predicted molar refractivity (Wildman–Crippen MR) is 68.2 cm³/mol. The zero-order valence-electron chi connectivity index (χ0n) is 10.3. The average Bonchev–Trinajstić information content (AvgIpc) is 2.78. The number of nitriles is 1. The number of rotatable bonds is 3. The van der Waals surface area contributed by atoms with Crippen LogP contribution in [0.3, 0.4) is 0 Å². The molecule has 1 aromatic heterocycles. The first-order chi connectivity index (χ1) is 9.20. The van der Waals surface area contributed by atoms with Crippen molar-refractivity contribution in [2.75, 3.05) is 5.32 Å². The van der Waals surface area contributed by atoms with E-state index in [9.17, 15) is 4.79 Å². The number of nitrogens with one attached hydrogen (secondary N) is 1. The highest BCUT2D eigenvalue weighted by Crippen LogP contribution is 2.13. The average molecular weight is 256 g/mol. The van der Waals surface area contributed by atoms with E-state index in [2.05, 4.69) is 10.4 Å². The molecule has 0 atom stereocenters. The van der Waals surface area contributed by atoms with Gasteiger partial charge in [-0.25, -0.2) is 4.79 Å². The highest BCUT2D eigenvalue weighted by atomic mass is 16.5. The van der Waals surface area contributed by atoms with Crippen LogP contribution < -0.4 is 5.32 Å². The third kappa shape index (κ3) is 3.10. The summed E-state index contributed by atoms with van der Waals surface area (Å²) in [6.45, 7) is 0.175. The third-order valence-electron chi connectivity index (χ3n) is 2.49. The molecule has 0 fully saturated rings. The molecule has 0 aliphatic heterocycles. The quantitative estimate of drug-likeness (QED) is 0.911. The van der Waals surface area contributed by atoms with Crippen LogP contribution in [-0.4, -0.2) is 15.9 Å². The van der Waals surface area contributed by atoms with Crippen molar-refractivity contribution in [1.82, 2.24) is 9.78 Å². The highest BCUT2D eigenvalue weighted by molar-refractivity contribution is 5.85. The monoisotopic (exact) mass is 256 g/mol. The van der Waals surface area contributed by atoms with Crippen LogP contribution in [0, 0.1) is 11.3 Å². The van der Waals surface area contributed by atoms with Gasteiger partial charge < -0.3 is 4.74 Å². The van der Waals surface area contributed by atoms with E-state index in [4.69, 9.17) is 10.00 Å². The summed E-state index contributed by atoms with van der Waals surface area (Å²) in [4.78, 5) is 11.6. The van der Waals surface area contributed by atoms with Crippen LogP contribution in [0.1, 0.15) is 11.3 Å².